The predicted octanol–water partition coefficient (Wildman–Crippen LogP) is 4.10. The van der Waals surface area contributed by atoms with Gasteiger partial charge in [-0.1, -0.05) is 12.1 Å². The molecule has 8 heteroatoms. The average Bonchev–Trinajstić information content (AvgIpc) is 3.18. The molecule has 0 aromatic heterocycles. The van der Waals surface area contributed by atoms with Crippen LogP contribution in [0.5, 0.6) is 23.0 Å². The number of fused-ring (bicyclic) bond motifs is 1. The molecule has 0 bridgehead atoms. The molecule has 178 valence electrons. The van der Waals surface area contributed by atoms with Gasteiger partial charge in [0.05, 0.1) is 25.8 Å². The topological polar surface area (TPSA) is 94.5 Å². The molecular weight excluding hydrogens is 450 g/mol. The van der Waals surface area contributed by atoms with Gasteiger partial charge in [-0.3, -0.25) is 14.5 Å². The number of ketones is 1. The number of methoxy groups -OCH3 is 2. The molecule has 2 aliphatic heterocycles. The molecule has 8 nitrogen and oxygen atoms in total. The summed E-state index contributed by atoms with van der Waals surface area (Å²) < 4.78 is 21.8. The number of carbonyl (C=O) groups excluding carboxylic acids is 2. The summed E-state index contributed by atoms with van der Waals surface area (Å²) in [5, 5.41) is 11.3. The molecule has 0 saturated carbocycles. The summed E-state index contributed by atoms with van der Waals surface area (Å²) >= 11 is 0. The lowest BCUT2D eigenvalue weighted by Crippen LogP contribution is -2.29. The standard InChI is InChI=1S/C27H23NO7/c1-32-19-9-6-16(7-10-19)25(29)23-24(17-4-3-5-20(14-17)33-2)28(27(31)26(23)30)18-8-11-21-22(15-18)35-13-12-34-21/h3-11,14-15,24,29H,12-13H2,1-2H3/b25-23+. The Bertz CT molecular complexity index is 1330. The number of aliphatic hydroxyl groups excluding tert-OH is 1. The first-order chi connectivity index (χ1) is 17.0. The van der Waals surface area contributed by atoms with E-state index >= 15 is 0 Å². The fourth-order valence-corrected chi connectivity index (χ4v) is 4.31. The van der Waals surface area contributed by atoms with Crippen molar-refractivity contribution in [3.63, 3.8) is 0 Å². The SMILES string of the molecule is COc1ccc(/C(O)=C2\C(=O)C(=O)N(c3ccc4c(c3)OCCO4)C2c2cccc(OC)c2)cc1. The molecule has 35 heavy (non-hydrogen) atoms. The van der Waals surface area contributed by atoms with Gasteiger partial charge in [0, 0.05) is 17.3 Å². The fourth-order valence-electron chi connectivity index (χ4n) is 4.31. The zero-order chi connectivity index (χ0) is 24.5. The van der Waals surface area contributed by atoms with Crippen molar-refractivity contribution in [2.75, 3.05) is 32.3 Å². The zero-order valence-corrected chi connectivity index (χ0v) is 19.2. The highest BCUT2D eigenvalue weighted by atomic mass is 16.6. The summed E-state index contributed by atoms with van der Waals surface area (Å²) in [4.78, 5) is 28.1. The van der Waals surface area contributed by atoms with Crippen LogP contribution in [0.25, 0.3) is 5.76 Å². The predicted molar refractivity (Wildman–Crippen MR) is 128 cm³/mol. The molecule has 3 aromatic carbocycles. The minimum atomic E-state index is -0.894. The summed E-state index contributed by atoms with van der Waals surface area (Å²) in [5.41, 5.74) is 1.41. The maximum Gasteiger partial charge on any atom is 0.300 e. The van der Waals surface area contributed by atoms with Gasteiger partial charge in [0.1, 0.15) is 30.5 Å². The van der Waals surface area contributed by atoms with Crippen LogP contribution in [0.3, 0.4) is 0 Å². The molecule has 0 aliphatic carbocycles. The van der Waals surface area contributed by atoms with E-state index in [4.69, 9.17) is 18.9 Å². The van der Waals surface area contributed by atoms with E-state index in [2.05, 4.69) is 0 Å². The fraction of sp³-hybridized carbons (Fsp3) is 0.185. The van der Waals surface area contributed by atoms with Crippen LogP contribution in [0.15, 0.2) is 72.3 Å². The van der Waals surface area contributed by atoms with Crippen LogP contribution < -0.4 is 23.8 Å². The minimum Gasteiger partial charge on any atom is -0.507 e. The minimum absolute atomic E-state index is 0.0247. The molecule has 2 heterocycles. The van der Waals surface area contributed by atoms with Gasteiger partial charge in [-0.2, -0.15) is 0 Å². The maximum atomic E-state index is 13.4. The number of anilines is 1. The van der Waals surface area contributed by atoms with Crippen molar-refractivity contribution in [1.29, 1.82) is 0 Å². The number of benzene rings is 3. The van der Waals surface area contributed by atoms with E-state index < -0.39 is 17.7 Å². The lowest BCUT2D eigenvalue weighted by Gasteiger charge is -2.27. The Morgan fingerprint density at radius 2 is 1.60 bits per heavy atom. The Labute approximate surface area is 201 Å². The number of aliphatic hydroxyl groups is 1. The second-order valence-corrected chi connectivity index (χ2v) is 8.00. The molecule has 1 saturated heterocycles. The van der Waals surface area contributed by atoms with Crippen LogP contribution >= 0.6 is 0 Å². The molecular formula is C27H23NO7. The molecule has 1 atom stereocenters. The number of hydrogen-bond donors (Lipinski definition) is 1. The maximum absolute atomic E-state index is 13.4. The Hall–Kier alpha value is -4.46. The van der Waals surface area contributed by atoms with Crippen molar-refractivity contribution in [2.45, 2.75) is 6.04 Å². The Morgan fingerprint density at radius 3 is 2.31 bits per heavy atom. The van der Waals surface area contributed by atoms with Gasteiger partial charge < -0.3 is 24.1 Å². The van der Waals surface area contributed by atoms with Crippen molar-refractivity contribution in [3.8, 4) is 23.0 Å². The average molecular weight is 473 g/mol. The van der Waals surface area contributed by atoms with E-state index in [-0.39, 0.29) is 11.3 Å². The smallest absolute Gasteiger partial charge is 0.300 e. The largest absolute Gasteiger partial charge is 0.507 e. The van der Waals surface area contributed by atoms with Crippen LogP contribution in [0, 0.1) is 0 Å². The second kappa shape index (κ2) is 9.06. The quantitative estimate of drug-likeness (QED) is 0.339. The van der Waals surface area contributed by atoms with Crippen LogP contribution in [-0.4, -0.2) is 44.2 Å². The number of Topliss-reactive ketones (excluding diaryl/α,β-unsaturated/α-hetero) is 1. The molecule has 3 aromatic rings. The van der Waals surface area contributed by atoms with E-state index in [1.54, 1.807) is 66.7 Å². The molecule has 1 fully saturated rings. The Balaban J connectivity index is 1.69. The van der Waals surface area contributed by atoms with Crippen LogP contribution in [0.2, 0.25) is 0 Å². The van der Waals surface area contributed by atoms with Crippen molar-refractivity contribution >= 4 is 23.1 Å². The molecule has 1 N–H and O–H groups in total. The third-order valence-corrected chi connectivity index (χ3v) is 6.02. The van der Waals surface area contributed by atoms with Gasteiger partial charge in [0.2, 0.25) is 0 Å². The van der Waals surface area contributed by atoms with Gasteiger partial charge in [0.25, 0.3) is 11.7 Å². The summed E-state index contributed by atoms with van der Waals surface area (Å²) in [6.45, 7) is 0.814. The molecule has 2 aliphatic rings. The van der Waals surface area contributed by atoms with Crippen LogP contribution in [0.4, 0.5) is 5.69 Å². The van der Waals surface area contributed by atoms with E-state index in [1.807, 2.05) is 0 Å². The lowest BCUT2D eigenvalue weighted by molar-refractivity contribution is -0.132. The number of rotatable bonds is 5. The second-order valence-electron chi connectivity index (χ2n) is 8.00. The highest BCUT2D eigenvalue weighted by molar-refractivity contribution is 6.51. The first kappa shape index (κ1) is 22.3. The third kappa shape index (κ3) is 3.93. The zero-order valence-electron chi connectivity index (χ0n) is 19.2. The number of hydrogen-bond acceptors (Lipinski definition) is 7. The van der Waals surface area contributed by atoms with Crippen molar-refractivity contribution in [1.82, 2.24) is 0 Å². The van der Waals surface area contributed by atoms with Gasteiger partial charge in [-0.25, -0.2) is 0 Å². The highest BCUT2D eigenvalue weighted by Crippen LogP contribution is 2.45. The van der Waals surface area contributed by atoms with Gasteiger partial charge in [0.15, 0.2) is 11.5 Å². The van der Waals surface area contributed by atoms with Crippen molar-refractivity contribution < 1.29 is 33.6 Å². The molecule has 1 amide bonds. The van der Waals surface area contributed by atoms with Crippen LogP contribution in [0.1, 0.15) is 17.2 Å². The lowest BCUT2D eigenvalue weighted by atomic mass is 9.95. The first-order valence-corrected chi connectivity index (χ1v) is 11.0. The Kier molecular flexibility index (Phi) is 5.78. The van der Waals surface area contributed by atoms with Gasteiger partial charge in [-0.15, -0.1) is 0 Å². The van der Waals surface area contributed by atoms with Gasteiger partial charge in [-0.05, 0) is 54.1 Å². The van der Waals surface area contributed by atoms with Crippen molar-refractivity contribution in [3.05, 3.63) is 83.4 Å². The van der Waals surface area contributed by atoms with Crippen molar-refractivity contribution in [2.24, 2.45) is 0 Å². The normalized spacial score (nSPS) is 18.5. The van der Waals surface area contributed by atoms with E-state index in [0.29, 0.717) is 53.0 Å². The Morgan fingerprint density at radius 1 is 0.886 bits per heavy atom. The number of amides is 1. The molecule has 0 spiro atoms. The molecule has 1 unspecified atom stereocenters. The molecule has 0 radical (unpaired) electrons. The summed E-state index contributed by atoms with van der Waals surface area (Å²) in [7, 11) is 3.07. The summed E-state index contributed by atoms with van der Waals surface area (Å²) in [5.74, 6) is 0.370. The van der Waals surface area contributed by atoms with E-state index in [0.717, 1.165) is 0 Å². The monoisotopic (exact) mass is 473 g/mol. The third-order valence-electron chi connectivity index (χ3n) is 6.02. The number of ether oxygens (including phenoxy) is 4. The number of carbonyl (C=O) groups is 2. The highest BCUT2D eigenvalue weighted by Gasteiger charge is 2.47. The summed E-state index contributed by atoms with van der Waals surface area (Å²) in [6, 6.07) is 17.8. The number of nitrogens with zero attached hydrogens (tertiary/aromatic N) is 1. The first-order valence-electron chi connectivity index (χ1n) is 11.0. The molecule has 5 rings (SSSR count). The van der Waals surface area contributed by atoms with E-state index in [9.17, 15) is 14.7 Å². The summed E-state index contributed by atoms with van der Waals surface area (Å²) in [6.07, 6.45) is 0. The van der Waals surface area contributed by atoms with Gasteiger partial charge >= 0.3 is 0 Å². The van der Waals surface area contributed by atoms with E-state index in [1.165, 1.54) is 19.1 Å². The van der Waals surface area contributed by atoms with Crippen LogP contribution in [-0.2, 0) is 9.59 Å².